The van der Waals surface area contributed by atoms with Crippen LogP contribution in [0, 0.1) is 0 Å². The molecule has 4 unspecified atom stereocenters. The molecule has 4 fully saturated rings. The molecule has 116 valence electrons. The summed E-state index contributed by atoms with van der Waals surface area (Å²) in [5, 5.41) is 0. The molecule has 0 radical (unpaired) electrons. The fraction of sp³-hybridized carbons (Fsp3) is 0.875. The molecular formula is C16H24N2O3. The summed E-state index contributed by atoms with van der Waals surface area (Å²) in [7, 11) is 0. The number of hydrogen-bond acceptors (Lipinski definition) is 3. The van der Waals surface area contributed by atoms with Gasteiger partial charge in [-0.15, -0.1) is 0 Å². The molecule has 4 aliphatic heterocycles. The molecule has 4 atom stereocenters. The highest BCUT2D eigenvalue weighted by atomic mass is 16.5. The first-order valence-electron chi connectivity index (χ1n) is 8.23. The Kier molecular flexibility index (Phi) is 2.72. The molecule has 0 spiro atoms. The second-order valence-electron chi connectivity index (χ2n) is 7.64. The van der Waals surface area contributed by atoms with Crippen LogP contribution >= 0.6 is 0 Å². The van der Waals surface area contributed by atoms with Crippen molar-refractivity contribution in [1.82, 2.24) is 9.80 Å². The Bertz CT molecular complexity index is 464. The molecule has 4 saturated heterocycles. The number of amides is 2. The predicted octanol–water partition coefficient (Wildman–Crippen LogP) is 2.00. The van der Waals surface area contributed by atoms with Gasteiger partial charge in [0.1, 0.15) is 12.5 Å². The summed E-state index contributed by atoms with van der Waals surface area (Å²) in [4.78, 5) is 28.3. The predicted molar refractivity (Wildman–Crippen MR) is 76.1 cm³/mol. The number of nitrogens with zero attached hydrogens (tertiary/aromatic N) is 2. The molecule has 2 amide bonds. The quantitative estimate of drug-likeness (QED) is 0.782. The number of fused-ring (bicyclic) bond motifs is 2. The minimum atomic E-state index is -0.134. The summed E-state index contributed by atoms with van der Waals surface area (Å²) >= 11 is 0. The first-order chi connectivity index (χ1) is 9.93. The summed E-state index contributed by atoms with van der Waals surface area (Å²) in [5.41, 5.74) is -0.0304. The molecule has 0 saturated carbocycles. The normalized spacial score (nSPS) is 45.6. The SMILES string of the molecule is CC12CCC(=O)N1C(OC1CCC3(C)CCC(=O)N13)CC2. The van der Waals surface area contributed by atoms with Gasteiger partial charge >= 0.3 is 0 Å². The highest BCUT2D eigenvalue weighted by Gasteiger charge is 2.54. The van der Waals surface area contributed by atoms with E-state index >= 15 is 0 Å². The van der Waals surface area contributed by atoms with Crippen molar-refractivity contribution in [1.29, 1.82) is 0 Å². The lowest BCUT2D eigenvalue weighted by Crippen LogP contribution is -2.49. The number of ether oxygens (including phenoxy) is 1. The van der Waals surface area contributed by atoms with E-state index < -0.39 is 0 Å². The van der Waals surface area contributed by atoms with Gasteiger partial charge in [-0.2, -0.15) is 0 Å². The molecule has 0 aromatic carbocycles. The van der Waals surface area contributed by atoms with Gasteiger partial charge in [0.15, 0.2) is 0 Å². The minimum Gasteiger partial charge on any atom is -0.335 e. The average Bonchev–Trinajstić information content (AvgIpc) is 3.09. The zero-order valence-electron chi connectivity index (χ0n) is 12.9. The molecule has 0 aromatic rings. The van der Waals surface area contributed by atoms with Crippen molar-refractivity contribution in [3.8, 4) is 0 Å². The summed E-state index contributed by atoms with van der Waals surface area (Å²) in [5.74, 6) is 0.432. The van der Waals surface area contributed by atoms with Gasteiger partial charge in [0.25, 0.3) is 0 Å². The van der Waals surface area contributed by atoms with E-state index in [1.165, 1.54) is 0 Å². The minimum absolute atomic E-state index is 0.0152. The molecule has 21 heavy (non-hydrogen) atoms. The zero-order chi connectivity index (χ0) is 14.8. The van der Waals surface area contributed by atoms with Gasteiger partial charge in [-0.3, -0.25) is 9.59 Å². The van der Waals surface area contributed by atoms with Gasteiger partial charge in [0, 0.05) is 23.9 Å². The van der Waals surface area contributed by atoms with E-state index in [9.17, 15) is 9.59 Å². The maximum Gasteiger partial charge on any atom is 0.225 e. The summed E-state index contributed by atoms with van der Waals surface area (Å²) in [6.07, 6.45) is 6.73. The Balaban J connectivity index is 1.52. The van der Waals surface area contributed by atoms with Gasteiger partial charge in [-0.1, -0.05) is 0 Å². The van der Waals surface area contributed by atoms with Gasteiger partial charge < -0.3 is 14.5 Å². The third-order valence-electron chi connectivity index (χ3n) is 6.21. The standard InChI is InChI=1S/C16H24N2O3/c1-15-7-3-11(19)17(15)13(5-9-15)21-14-6-10-16(2)8-4-12(20)18(14)16/h13-14H,3-10H2,1-2H3. The van der Waals surface area contributed by atoms with Gasteiger partial charge in [0.05, 0.1) is 0 Å². The van der Waals surface area contributed by atoms with E-state index in [2.05, 4.69) is 13.8 Å². The second kappa shape index (κ2) is 4.22. The van der Waals surface area contributed by atoms with Crippen LogP contribution in [0.2, 0.25) is 0 Å². The lowest BCUT2D eigenvalue weighted by atomic mass is 9.97. The summed E-state index contributed by atoms with van der Waals surface area (Å²) < 4.78 is 6.28. The number of carbonyl (C=O) groups excluding carboxylic acids is 2. The molecule has 4 heterocycles. The van der Waals surface area contributed by atoms with Crippen molar-refractivity contribution >= 4 is 11.8 Å². The Morgan fingerprint density at radius 1 is 0.857 bits per heavy atom. The van der Waals surface area contributed by atoms with Gasteiger partial charge in [0.2, 0.25) is 11.8 Å². The summed E-state index contributed by atoms with van der Waals surface area (Å²) in [6, 6.07) is 0. The Hall–Kier alpha value is -1.10. The van der Waals surface area contributed by atoms with Crippen molar-refractivity contribution in [3.63, 3.8) is 0 Å². The fourth-order valence-corrected chi connectivity index (χ4v) is 4.91. The van der Waals surface area contributed by atoms with Crippen LogP contribution in [0.3, 0.4) is 0 Å². The first-order valence-corrected chi connectivity index (χ1v) is 8.23. The van der Waals surface area contributed by atoms with Gasteiger partial charge in [-0.05, 0) is 52.4 Å². The van der Waals surface area contributed by atoms with Crippen molar-refractivity contribution in [3.05, 3.63) is 0 Å². The number of carbonyl (C=O) groups is 2. The van der Waals surface area contributed by atoms with Crippen LogP contribution in [-0.2, 0) is 14.3 Å². The lowest BCUT2D eigenvalue weighted by molar-refractivity contribution is -0.170. The van der Waals surface area contributed by atoms with Crippen LogP contribution in [-0.4, -0.2) is 45.1 Å². The maximum absolute atomic E-state index is 12.2. The second-order valence-corrected chi connectivity index (χ2v) is 7.64. The molecule has 5 nitrogen and oxygen atoms in total. The highest BCUT2D eigenvalue weighted by Crippen LogP contribution is 2.47. The van der Waals surface area contributed by atoms with E-state index in [-0.39, 0.29) is 35.3 Å². The van der Waals surface area contributed by atoms with Crippen LogP contribution in [0.5, 0.6) is 0 Å². The monoisotopic (exact) mass is 292 g/mol. The summed E-state index contributed by atoms with van der Waals surface area (Å²) in [6.45, 7) is 4.34. The van der Waals surface area contributed by atoms with Crippen LogP contribution in [0.1, 0.15) is 65.2 Å². The molecule has 5 heteroatoms. The number of hydrogen-bond donors (Lipinski definition) is 0. The molecule has 0 N–H and O–H groups in total. The maximum atomic E-state index is 12.2. The fourth-order valence-electron chi connectivity index (χ4n) is 4.91. The van der Waals surface area contributed by atoms with Crippen molar-refractivity contribution in [2.75, 3.05) is 0 Å². The van der Waals surface area contributed by atoms with Gasteiger partial charge in [-0.25, -0.2) is 0 Å². The van der Waals surface area contributed by atoms with E-state index in [0.29, 0.717) is 12.8 Å². The molecule has 4 rings (SSSR count). The van der Waals surface area contributed by atoms with Crippen LogP contribution in [0.4, 0.5) is 0 Å². The average molecular weight is 292 g/mol. The smallest absolute Gasteiger partial charge is 0.225 e. The Morgan fingerprint density at radius 2 is 1.29 bits per heavy atom. The van der Waals surface area contributed by atoms with Crippen LogP contribution in [0.15, 0.2) is 0 Å². The van der Waals surface area contributed by atoms with Crippen LogP contribution < -0.4 is 0 Å². The van der Waals surface area contributed by atoms with E-state index in [0.717, 1.165) is 38.5 Å². The Morgan fingerprint density at radius 3 is 1.71 bits per heavy atom. The molecular weight excluding hydrogens is 268 g/mol. The largest absolute Gasteiger partial charge is 0.335 e. The number of rotatable bonds is 2. The lowest BCUT2D eigenvalue weighted by Gasteiger charge is -2.36. The first kappa shape index (κ1) is 13.6. The van der Waals surface area contributed by atoms with Crippen molar-refractivity contribution < 1.29 is 14.3 Å². The van der Waals surface area contributed by atoms with Crippen LogP contribution in [0.25, 0.3) is 0 Å². The molecule has 0 bridgehead atoms. The molecule has 4 aliphatic rings. The van der Waals surface area contributed by atoms with E-state index in [4.69, 9.17) is 4.74 Å². The van der Waals surface area contributed by atoms with E-state index in [1.807, 2.05) is 9.80 Å². The third-order valence-corrected chi connectivity index (χ3v) is 6.21. The molecule has 0 aromatic heterocycles. The third kappa shape index (κ3) is 1.79. The zero-order valence-corrected chi connectivity index (χ0v) is 12.9. The topological polar surface area (TPSA) is 49.9 Å². The van der Waals surface area contributed by atoms with E-state index in [1.54, 1.807) is 0 Å². The molecule has 0 aliphatic carbocycles. The van der Waals surface area contributed by atoms with Crippen molar-refractivity contribution in [2.45, 2.75) is 88.7 Å². The van der Waals surface area contributed by atoms with Crippen molar-refractivity contribution in [2.24, 2.45) is 0 Å². The Labute approximate surface area is 125 Å². The highest BCUT2D eigenvalue weighted by molar-refractivity contribution is 5.81.